The molecule has 2 atom stereocenters. The maximum atomic E-state index is 14.3. The lowest BCUT2D eigenvalue weighted by molar-refractivity contribution is -0.139. The molecule has 0 unspecified atom stereocenters. The van der Waals surface area contributed by atoms with Gasteiger partial charge >= 0.3 is 6.09 Å². The minimum atomic E-state index is -0.951. The van der Waals surface area contributed by atoms with Gasteiger partial charge in [-0.05, 0) is 51.0 Å². The normalized spacial score (nSPS) is 21.8. The second-order valence-corrected chi connectivity index (χ2v) is 8.88. The molecule has 9 heteroatoms. The summed E-state index contributed by atoms with van der Waals surface area (Å²) >= 11 is 0. The third-order valence-corrected chi connectivity index (χ3v) is 5.39. The predicted molar refractivity (Wildman–Crippen MR) is 107 cm³/mol. The van der Waals surface area contributed by atoms with E-state index in [1.165, 1.54) is 4.90 Å². The standard InChI is InChI=1S/C22H28F2N2O5/c1-22(2,3)31-21(29)26-13-14(16-11-15(23)4-5-17(16)24)10-18(26)19(27)12-20(28)25-6-8-30-9-7-25/h4-5,11,14,18H,6-10,12-13H2,1-3H3/t14-,18+/m1/s1. The summed E-state index contributed by atoms with van der Waals surface area (Å²) in [4.78, 5) is 41.1. The maximum absolute atomic E-state index is 14.3. The number of benzene rings is 1. The number of nitrogens with zero attached hydrogens (tertiary/aromatic N) is 2. The minimum Gasteiger partial charge on any atom is -0.444 e. The molecule has 31 heavy (non-hydrogen) atoms. The van der Waals surface area contributed by atoms with Crippen molar-refractivity contribution in [2.45, 2.75) is 51.2 Å². The van der Waals surface area contributed by atoms with Crippen molar-refractivity contribution in [3.8, 4) is 0 Å². The molecule has 2 heterocycles. The van der Waals surface area contributed by atoms with E-state index in [0.717, 1.165) is 18.2 Å². The molecule has 0 radical (unpaired) electrons. The molecule has 2 fully saturated rings. The van der Waals surface area contributed by atoms with Crippen LogP contribution in [0.25, 0.3) is 0 Å². The lowest BCUT2D eigenvalue weighted by Gasteiger charge is -2.29. The summed E-state index contributed by atoms with van der Waals surface area (Å²) in [6, 6.07) is 2.18. The molecule has 0 aliphatic carbocycles. The SMILES string of the molecule is CC(C)(C)OC(=O)N1C[C@H](c2cc(F)ccc2F)C[C@H]1C(=O)CC(=O)N1CCOCC1. The quantitative estimate of drug-likeness (QED) is 0.676. The summed E-state index contributed by atoms with van der Waals surface area (Å²) < 4.78 is 38.7. The molecule has 0 spiro atoms. The van der Waals surface area contributed by atoms with E-state index in [9.17, 15) is 23.2 Å². The number of carbonyl (C=O) groups is 3. The molecular weight excluding hydrogens is 410 g/mol. The highest BCUT2D eigenvalue weighted by Gasteiger charge is 2.43. The number of rotatable bonds is 4. The van der Waals surface area contributed by atoms with Crippen LogP contribution in [0.5, 0.6) is 0 Å². The first-order chi connectivity index (χ1) is 14.5. The first kappa shape index (κ1) is 23.1. The Morgan fingerprint density at radius 3 is 2.48 bits per heavy atom. The van der Waals surface area contributed by atoms with Crippen LogP contribution in [0.1, 0.15) is 45.1 Å². The third-order valence-electron chi connectivity index (χ3n) is 5.39. The van der Waals surface area contributed by atoms with Gasteiger partial charge in [0.1, 0.15) is 17.2 Å². The number of ketones is 1. The summed E-state index contributed by atoms with van der Waals surface area (Å²) in [7, 11) is 0. The molecule has 1 aromatic carbocycles. The van der Waals surface area contributed by atoms with Crippen molar-refractivity contribution in [2.24, 2.45) is 0 Å². The van der Waals surface area contributed by atoms with Gasteiger partial charge in [-0.2, -0.15) is 0 Å². The zero-order valence-corrected chi connectivity index (χ0v) is 18.0. The van der Waals surface area contributed by atoms with Crippen molar-refractivity contribution in [1.82, 2.24) is 9.80 Å². The Bertz CT molecular complexity index is 849. The van der Waals surface area contributed by atoms with Gasteiger partial charge in [-0.1, -0.05) is 0 Å². The van der Waals surface area contributed by atoms with Crippen LogP contribution in [-0.4, -0.2) is 72.1 Å². The zero-order valence-electron chi connectivity index (χ0n) is 18.0. The molecule has 0 saturated carbocycles. The fourth-order valence-corrected chi connectivity index (χ4v) is 3.91. The summed E-state index contributed by atoms with van der Waals surface area (Å²) in [5.41, 5.74) is -0.695. The Kier molecular flexibility index (Phi) is 6.93. The molecule has 2 saturated heterocycles. The zero-order chi connectivity index (χ0) is 22.8. The molecule has 2 aliphatic rings. The van der Waals surface area contributed by atoms with Crippen molar-refractivity contribution in [1.29, 1.82) is 0 Å². The van der Waals surface area contributed by atoms with Crippen LogP contribution < -0.4 is 0 Å². The molecule has 2 amide bonds. The molecule has 0 aromatic heterocycles. The predicted octanol–water partition coefficient (Wildman–Crippen LogP) is 2.88. The number of Topliss-reactive ketones (excluding diaryl/α,β-unsaturated/α-hetero) is 1. The second-order valence-electron chi connectivity index (χ2n) is 8.88. The lowest BCUT2D eigenvalue weighted by atomic mass is 9.94. The topological polar surface area (TPSA) is 76.2 Å². The Hall–Kier alpha value is -2.55. The van der Waals surface area contributed by atoms with Gasteiger partial charge in [-0.3, -0.25) is 14.5 Å². The van der Waals surface area contributed by atoms with E-state index < -0.39 is 41.1 Å². The average molecular weight is 438 g/mol. The monoisotopic (exact) mass is 438 g/mol. The van der Waals surface area contributed by atoms with Gasteiger partial charge in [0.2, 0.25) is 5.91 Å². The van der Waals surface area contributed by atoms with Gasteiger partial charge in [-0.25, -0.2) is 13.6 Å². The number of hydrogen-bond donors (Lipinski definition) is 0. The van der Waals surface area contributed by atoms with Gasteiger partial charge in [-0.15, -0.1) is 0 Å². The summed E-state index contributed by atoms with van der Waals surface area (Å²) in [6.45, 7) is 6.73. The van der Waals surface area contributed by atoms with E-state index in [1.54, 1.807) is 25.7 Å². The van der Waals surface area contributed by atoms with Gasteiger partial charge in [0.15, 0.2) is 5.78 Å². The molecule has 0 N–H and O–H groups in total. The number of halogens is 2. The van der Waals surface area contributed by atoms with Gasteiger partial charge in [0.25, 0.3) is 0 Å². The van der Waals surface area contributed by atoms with Gasteiger partial charge in [0.05, 0.1) is 25.7 Å². The number of carbonyl (C=O) groups excluding carboxylic acids is 3. The highest BCUT2D eigenvalue weighted by atomic mass is 19.1. The average Bonchev–Trinajstić information content (AvgIpc) is 3.15. The van der Waals surface area contributed by atoms with E-state index >= 15 is 0 Å². The maximum Gasteiger partial charge on any atom is 0.410 e. The molecule has 170 valence electrons. The van der Waals surface area contributed by atoms with E-state index in [1.807, 2.05) is 0 Å². The molecule has 0 bridgehead atoms. The highest BCUT2D eigenvalue weighted by Crippen LogP contribution is 2.35. The van der Waals surface area contributed by atoms with E-state index in [0.29, 0.717) is 26.3 Å². The molecule has 7 nitrogen and oxygen atoms in total. The fraction of sp³-hybridized carbons (Fsp3) is 0.591. The number of ether oxygens (including phenoxy) is 2. The summed E-state index contributed by atoms with van der Waals surface area (Å²) in [5.74, 6) is -2.57. The molecule has 2 aliphatic heterocycles. The van der Waals surface area contributed by atoms with Gasteiger partial charge in [0, 0.05) is 25.6 Å². The minimum absolute atomic E-state index is 0.00254. The Balaban J connectivity index is 1.79. The van der Waals surface area contributed by atoms with Crippen LogP contribution in [0.4, 0.5) is 13.6 Å². The van der Waals surface area contributed by atoms with Crippen molar-refractivity contribution in [3.05, 3.63) is 35.4 Å². The van der Waals surface area contributed by atoms with Gasteiger partial charge < -0.3 is 14.4 Å². The summed E-state index contributed by atoms with van der Waals surface area (Å²) in [6.07, 6.45) is -0.999. The first-order valence-electron chi connectivity index (χ1n) is 10.4. The van der Waals surface area contributed by atoms with Crippen LogP contribution in [0, 0.1) is 11.6 Å². The summed E-state index contributed by atoms with van der Waals surface area (Å²) in [5, 5.41) is 0. The van der Waals surface area contributed by atoms with E-state index in [-0.39, 0.29) is 30.9 Å². The van der Waals surface area contributed by atoms with Crippen LogP contribution in [0.15, 0.2) is 18.2 Å². The number of hydrogen-bond acceptors (Lipinski definition) is 5. The van der Waals surface area contributed by atoms with E-state index in [2.05, 4.69) is 0 Å². The van der Waals surface area contributed by atoms with E-state index in [4.69, 9.17) is 9.47 Å². The van der Waals surface area contributed by atoms with Crippen LogP contribution in [0.2, 0.25) is 0 Å². The second kappa shape index (κ2) is 9.30. The van der Waals surface area contributed by atoms with Crippen molar-refractivity contribution >= 4 is 17.8 Å². The molecule has 3 rings (SSSR count). The van der Waals surface area contributed by atoms with Crippen LogP contribution >= 0.6 is 0 Å². The highest BCUT2D eigenvalue weighted by molar-refractivity contribution is 6.01. The third kappa shape index (κ3) is 5.78. The number of amides is 2. The molecular formula is C22H28F2N2O5. The number of likely N-dealkylation sites (tertiary alicyclic amines) is 1. The lowest BCUT2D eigenvalue weighted by Crippen LogP contribution is -2.46. The Labute approximate surface area is 180 Å². The van der Waals surface area contributed by atoms with Crippen LogP contribution in [0.3, 0.4) is 0 Å². The van der Waals surface area contributed by atoms with Crippen molar-refractivity contribution in [2.75, 3.05) is 32.8 Å². The molecule has 1 aromatic rings. The van der Waals surface area contributed by atoms with Crippen molar-refractivity contribution in [3.63, 3.8) is 0 Å². The smallest absolute Gasteiger partial charge is 0.410 e. The number of morpholine rings is 1. The Morgan fingerprint density at radius 1 is 1.16 bits per heavy atom. The van der Waals surface area contributed by atoms with Crippen LogP contribution in [-0.2, 0) is 19.1 Å². The van der Waals surface area contributed by atoms with Crippen molar-refractivity contribution < 1.29 is 32.6 Å². The first-order valence-corrected chi connectivity index (χ1v) is 10.4. The Morgan fingerprint density at radius 2 is 1.84 bits per heavy atom. The largest absolute Gasteiger partial charge is 0.444 e. The fourth-order valence-electron chi connectivity index (χ4n) is 3.91.